The summed E-state index contributed by atoms with van der Waals surface area (Å²) in [6.45, 7) is 5.95. The SMILES string of the molecule is CCCC(O)(c1ccc(CC(C)C)cc1)C(C(=O)OC)C(F)F. The lowest BCUT2D eigenvalue weighted by Crippen LogP contribution is -2.44. The van der Waals surface area contributed by atoms with Gasteiger partial charge in [0.05, 0.1) is 7.11 Å². The molecule has 1 aromatic carbocycles. The quantitative estimate of drug-likeness (QED) is 0.736. The van der Waals surface area contributed by atoms with E-state index in [2.05, 4.69) is 18.6 Å². The summed E-state index contributed by atoms with van der Waals surface area (Å²) in [5.41, 5.74) is -0.552. The van der Waals surface area contributed by atoms with Crippen LogP contribution in [0.5, 0.6) is 0 Å². The maximum Gasteiger partial charge on any atom is 0.317 e. The number of hydrogen-bond acceptors (Lipinski definition) is 3. The lowest BCUT2D eigenvalue weighted by molar-refractivity contribution is -0.170. The molecule has 0 saturated carbocycles. The fourth-order valence-electron chi connectivity index (χ4n) is 2.89. The van der Waals surface area contributed by atoms with E-state index < -0.39 is 23.9 Å². The van der Waals surface area contributed by atoms with Crippen LogP contribution in [0.1, 0.15) is 44.7 Å². The van der Waals surface area contributed by atoms with Gasteiger partial charge in [-0.2, -0.15) is 0 Å². The monoisotopic (exact) mass is 328 g/mol. The molecule has 1 rings (SSSR count). The van der Waals surface area contributed by atoms with Crippen molar-refractivity contribution in [2.75, 3.05) is 7.11 Å². The summed E-state index contributed by atoms with van der Waals surface area (Å²) in [7, 11) is 1.05. The van der Waals surface area contributed by atoms with Gasteiger partial charge in [0.1, 0.15) is 5.60 Å². The summed E-state index contributed by atoms with van der Waals surface area (Å²) in [4.78, 5) is 11.8. The van der Waals surface area contributed by atoms with Crippen LogP contribution in [0, 0.1) is 11.8 Å². The summed E-state index contributed by atoms with van der Waals surface area (Å²) in [5, 5.41) is 10.9. The van der Waals surface area contributed by atoms with Crippen LogP contribution in [0.3, 0.4) is 0 Å². The summed E-state index contributed by atoms with van der Waals surface area (Å²) >= 11 is 0. The molecule has 0 aliphatic carbocycles. The number of ether oxygens (including phenoxy) is 1. The standard InChI is InChI=1S/C18H26F2O3/c1-5-10-18(22,15(16(19)20)17(21)23-4)14-8-6-13(7-9-14)11-12(2)3/h6-9,12,15-16,22H,5,10-11H2,1-4H3. The average Bonchev–Trinajstić information content (AvgIpc) is 2.47. The molecule has 1 N–H and O–H groups in total. The van der Waals surface area contributed by atoms with E-state index in [0.29, 0.717) is 17.9 Å². The highest BCUT2D eigenvalue weighted by atomic mass is 19.3. The first-order valence-corrected chi connectivity index (χ1v) is 7.94. The van der Waals surface area contributed by atoms with Gasteiger partial charge in [-0.1, -0.05) is 51.5 Å². The van der Waals surface area contributed by atoms with E-state index in [-0.39, 0.29) is 6.42 Å². The number of halogens is 2. The number of rotatable bonds is 8. The van der Waals surface area contributed by atoms with Gasteiger partial charge in [0.15, 0.2) is 5.92 Å². The Morgan fingerprint density at radius 3 is 2.22 bits per heavy atom. The number of hydrogen-bond donors (Lipinski definition) is 1. The molecule has 0 heterocycles. The van der Waals surface area contributed by atoms with Crippen molar-refractivity contribution in [3.63, 3.8) is 0 Å². The highest BCUT2D eigenvalue weighted by molar-refractivity contribution is 5.74. The average molecular weight is 328 g/mol. The highest BCUT2D eigenvalue weighted by Gasteiger charge is 2.48. The predicted octanol–water partition coefficient (Wildman–Crippen LogP) is 3.93. The van der Waals surface area contributed by atoms with Crippen molar-refractivity contribution in [1.29, 1.82) is 0 Å². The maximum absolute atomic E-state index is 13.4. The van der Waals surface area contributed by atoms with Gasteiger partial charge in [-0.25, -0.2) is 8.78 Å². The van der Waals surface area contributed by atoms with Gasteiger partial charge in [-0.15, -0.1) is 0 Å². The number of carbonyl (C=O) groups is 1. The van der Waals surface area contributed by atoms with Crippen LogP contribution in [0.25, 0.3) is 0 Å². The molecular weight excluding hydrogens is 302 g/mol. The molecule has 2 unspecified atom stereocenters. The van der Waals surface area contributed by atoms with E-state index in [9.17, 15) is 18.7 Å². The Balaban J connectivity index is 3.23. The van der Waals surface area contributed by atoms with Gasteiger partial charge in [0.2, 0.25) is 0 Å². The molecule has 0 radical (unpaired) electrons. The molecule has 0 aliphatic rings. The zero-order chi connectivity index (χ0) is 17.6. The van der Waals surface area contributed by atoms with Gasteiger partial charge in [-0.05, 0) is 29.9 Å². The minimum atomic E-state index is -3.01. The number of esters is 1. The lowest BCUT2D eigenvalue weighted by Gasteiger charge is -2.34. The molecule has 0 aromatic heterocycles. The van der Waals surface area contributed by atoms with Crippen LogP contribution in [0.2, 0.25) is 0 Å². The number of methoxy groups -OCH3 is 1. The third-order valence-electron chi connectivity index (χ3n) is 3.95. The summed E-state index contributed by atoms with van der Waals surface area (Å²) in [5.74, 6) is -2.52. The Kier molecular flexibility index (Phi) is 7.13. The number of carbonyl (C=O) groups excluding carboxylic acids is 1. The van der Waals surface area contributed by atoms with E-state index in [1.807, 2.05) is 12.1 Å². The summed E-state index contributed by atoms with van der Waals surface area (Å²) in [6.07, 6.45) is -1.62. The van der Waals surface area contributed by atoms with E-state index in [0.717, 1.165) is 19.1 Å². The molecule has 0 spiro atoms. The summed E-state index contributed by atoms with van der Waals surface area (Å²) in [6, 6.07) is 6.89. The fourth-order valence-corrected chi connectivity index (χ4v) is 2.89. The zero-order valence-corrected chi connectivity index (χ0v) is 14.2. The lowest BCUT2D eigenvalue weighted by atomic mass is 9.77. The van der Waals surface area contributed by atoms with Crippen molar-refractivity contribution >= 4 is 5.97 Å². The molecule has 0 amide bonds. The molecule has 0 aliphatic heterocycles. The molecule has 0 bridgehead atoms. The second kappa shape index (κ2) is 8.39. The molecule has 3 nitrogen and oxygen atoms in total. The van der Waals surface area contributed by atoms with E-state index in [1.54, 1.807) is 19.1 Å². The first-order valence-electron chi connectivity index (χ1n) is 7.94. The molecule has 5 heteroatoms. The van der Waals surface area contributed by atoms with Crippen molar-refractivity contribution in [2.24, 2.45) is 11.8 Å². The largest absolute Gasteiger partial charge is 0.469 e. The predicted molar refractivity (Wildman–Crippen MR) is 85.3 cm³/mol. The Labute approximate surface area is 136 Å². The Morgan fingerprint density at radius 1 is 1.26 bits per heavy atom. The molecule has 0 saturated heterocycles. The normalized spacial score (nSPS) is 15.5. The van der Waals surface area contributed by atoms with Gasteiger partial charge >= 0.3 is 5.97 Å². The molecule has 130 valence electrons. The van der Waals surface area contributed by atoms with E-state index in [1.165, 1.54) is 0 Å². The van der Waals surface area contributed by atoms with Crippen LogP contribution in [-0.2, 0) is 21.6 Å². The number of benzene rings is 1. The van der Waals surface area contributed by atoms with Crippen molar-refractivity contribution in [3.8, 4) is 0 Å². The Morgan fingerprint density at radius 2 is 1.83 bits per heavy atom. The highest BCUT2D eigenvalue weighted by Crippen LogP contribution is 2.38. The van der Waals surface area contributed by atoms with Gasteiger partial charge in [0.25, 0.3) is 6.43 Å². The third-order valence-corrected chi connectivity index (χ3v) is 3.95. The fraction of sp³-hybridized carbons (Fsp3) is 0.611. The minimum Gasteiger partial charge on any atom is -0.469 e. The van der Waals surface area contributed by atoms with Gasteiger partial charge in [0, 0.05) is 0 Å². The number of aliphatic hydroxyl groups is 1. The molecule has 23 heavy (non-hydrogen) atoms. The molecule has 0 fully saturated rings. The van der Waals surface area contributed by atoms with Crippen LogP contribution < -0.4 is 0 Å². The molecule has 1 aromatic rings. The first-order chi connectivity index (χ1) is 10.8. The van der Waals surface area contributed by atoms with Crippen LogP contribution >= 0.6 is 0 Å². The van der Waals surface area contributed by atoms with Crippen molar-refractivity contribution in [1.82, 2.24) is 0 Å². The van der Waals surface area contributed by atoms with Crippen molar-refractivity contribution in [2.45, 2.75) is 52.1 Å². The second-order valence-corrected chi connectivity index (χ2v) is 6.30. The third kappa shape index (κ3) is 4.74. The topological polar surface area (TPSA) is 46.5 Å². The van der Waals surface area contributed by atoms with Crippen LogP contribution in [-0.4, -0.2) is 24.6 Å². The van der Waals surface area contributed by atoms with Gasteiger partial charge < -0.3 is 9.84 Å². The van der Waals surface area contributed by atoms with Crippen LogP contribution in [0.4, 0.5) is 8.78 Å². The van der Waals surface area contributed by atoms with Crippen molar-refractivity contribution < 1.29 is 23.4 Å². The Bertz CT molecular complexity index is 499. The number of alkyl halides is 2. The van der Waals surface area contributed by atoms with E-state index >= 15 is 0 Å². The summed E-state index contributed by atoms with van der Waals surface area (Å²) < 4.78 is 31.3. The Hall–Kier alpha value is -1.49. The first kappa shape index (κ1) is 19.6. The van der Waals surface area contributed by atoms with E-state index in [4.69, 9.17) is 0 Å². The van der Waals surface area contributed by atoms with Crippen LogP contribution in [0.15, 0.2) is 24.3 Å². The second-order valence-electron chi connectivity index (χ2n) is 6.30. The molecular formula is C18H26F2O3. The zero-order valence-electron chi connectivity index (χ0n) is 14.2. The molecule has 2 atom stereocenters. The van der Waals surface area contributed by atoms with Crippen molar-refractivity contribution in [3.05, 3.63) is 35.4 Å². The van der Waals surface area contributed by atoms with Gasteiger partial charge in [-0.3, -0.25) is 4.79 Å². The smallest absolute Gasteiger partial charge is 0.317 e. The maximum atomic E-state index is 13.4. The minimum absolute atomic E-state index is 0.0562.